The Morgan fingerprint density at radius 1 is 1.53 bits per heavy atom. The van der Waals surface area contributed by atoms with E-state index < -0.39 is 0 Å². The Morgan fingerprint density at radius 2 is 2.35 bits per heavy atom. The zero-order valence-corrected chi connectivity index (χ0v) is 10.3. The number of rotatable bonds is 4. The summed E-state index contributed by atoms with van der Waals surface area (Å²) in [7, 11) is 0. The lowest BCUT2D eigenvalue weighted by atomic mass is 10.2. The molecule has 0 radical (unpaired) electrons. The lowest BCUT2D eigenvalue weighted by Gasteiger charge is -2.25. The number of amides is 1. The van der Waals surface area contributed by atoms with Gasteiger partial charge in [0.15, 0.2) is 0 Å². The Bertz CT molecular complexity index is 306. The Hall–Kier alpha value is -1.10. The molecule has 0 aliphatic carbocycles. The zero-order chi connectivity index (χ0) is 12.3. The molecule has 0 aromatic carbocycles. The van der Waals surface area contributed by atoms with Crippen LogP contribution >= 0.6 is 0 Å². The molecular formula is C12H20N2O3. The minimum atomic E-state index is -0.116. The summed E-state index contributed by atoms with van der Waals surface area (Å²) in [5, 5.41) is 2.94. The van der Waals surface area contributed by atoms with E-state index in [9.17, 15) is 9.59 Å². The molecule has 0 aromatic heterocycles. The van der Waals surface area contributed by atoms with Crippen LogP contribution < -0.4 is 5.32 Å². The van der Waals surface area contributed by atoms with Crippen LogP contribution in [0, 0.1) is 0 Å². The zero-order valence-electron chi connectivity index (χ0n) is 10.3. The van der Waals surface area contributed by atoms with E-state index in [-0.39, 0.29) is 24.0 Å². The van der Waals surface area contributed by atoms with Gasteiger partial charge in [0, 0.05) is 19.0 Å². The summed E-state index contributed by atoms with van der Waals surface area (Å²) in [6.07, 6.45) is 3.40. The minimum Gasteiger partial charge on any atom is -0.465 e. The number of carbonyl (C=O) groups excluding carboxylic acids is 2. The van der Waals surface area contributed by atoms with E-state index in [0.717, 1.165) is 32.4 Å². The first-order valence-corrected chi connectivity index (χ1v) is 6.40. The molecule has 0 saturated carbocycles. The number of nitrogens with zero attached hydrogens (tertiary/aromatic N) is 1. The number of esters is 1. The van der Waals surface area contributed by atoms with Crippen LogP contribution in [0.5, 0.6) is 0 Å². The van der Waals surface area contributed by atoms with E-state index in [0.29, 0.717) is 13.0 Å². The highest BCUT2D eigenvalue weighted by Gasteiger charge is 2.34. The molecule has 1 amide bonds. The van der Waals surface area contributed by atoms with Crippen LogP contribution in [0.15, 0.2) is 0 Å². The Labute approximate surface area is 101 Å². The number of ether oxygens (including phenoxy) is 1. The van der Waals surface area contributed by atoms with Gasteiger partial charge in [-0.1, -0.05) is 0 Å². The van der Waals surface area contributed by atoms with Crippen LogP contribution in [0.4, 0.5) is 0 Å². The maximum atomic E-state index is 11.7. The fourth-order valence-corrected chi connectivity index (χ4v) is 2.65. The van der Waals surface area contributed by atoms with E-state index in [1.165, 1.54) is 0 Å². The van der Waals surface area contributed by atoms with Crippen molar-refractivity contribution in [3.05, 3.63) is 0 Å². The topological polar surface area (TPSA) is 58.6 Å². The first-order valence-electron chi connectivity index (χ1n) is 6.40. The predicted octanol–water partition coefficient (Wildman–Crippen LogP) is 0.293. The summed E-state index contributed by atoms with van der Waals surface area (Å²) < 4.78 is 5.07. The fourth-order valence-electron chi connectivity index (χ4n) is 2.65. The minimum absolute atomic E-state index is 0.104. The standard InChI is InChI=1S/C12H20N2O3/c1-2-17-12(16)10-4-3-7-14(10)8-9-5-6-11(15)13-9/h9-10H,2-8H2,1H3,(H,13,15). The van der Waals surface area contributed by atoms with Crippen LogP contribution in [-0.4, -0.2) is 48.6 Å². The summed E-state index contributed by atoms with van der Waals surface area (Å²) in [5.41, 5.74) is 0. The summed E-state index contributed by atoms with van der Waals surface area (Å²) in [6.45, 7) is 3.96. The van der Waals surface area contributed by atoms with E-state index >= 15 is 0 Å². The first kappa shape index (κ1) is 12.4. The molecule has 2 aliphatic heterocycles. The van der Waals surface area contributed by atoms with Crippen LogP contribution in [0.2, 0.25) is 0 Å². The second kappa shape index (κ2) is 5.49. The highest BCUT2D eigenvalue weighted by molar-refractivity contribution is 5.78. The van der Waals surface area contributed by atoms with Gasteiger partial charge in [-0.3, -0.25) is 14.5 Å². The molecule has 0 spiro atoms. The maximum Gasteiger partial charge on any atom is 0.323 e. The molecule has 96 valence electrons. The normalized spacial score (nSPS) is 29.4. The third-order valence-electron chi connectivity index (χ3n) is 3.46. The Kier molecular flexibility index (Phi) is 3.99. The van der Waals surface area contributed by atoms with Crippen molar-refractivity contribution in [2.24, 2.45) is 0 Å². The van der Waals surface area contributed by atoms with Crippen LogP contribution in [0.25, 0.3) is 0 Å². The quantitative estimate of drug-likeness (QED) is 0.718. The molecule has 0 bridgehead atoms. The molecule has 2 fully saturated rings. The van der Waals surface area contributed by atoms with Crippen molar-refractivity contribution in [1.82, 2.24) is 10.2 Å². The van der Waals surface area contributed by atoms with Gasteiger partial charge in [-0.05, 0) is 32.7 Å². The molecule has 2 unspecified atom stereocenters. The van der Waals surface area contributed by atoms with Crippen molar-refractivity contribution >= 4 is 11.9 Å². The third kappa shape index (κ3) is 2.97. The first-order chi connectivity index (χ1) is 8.20. The monoisotopic (exact) mass is 240 g/mol. The molecule has 2 heterocycles. The van der Waals surface area contributed by atoms with Gasteiger partial charge >= 0.3 is 5.97 Å². The van der Waals surface area contributed by atoms with Crippen molar-refractivity contribution in [3.63, 3.8) is 0 Å². The largest absolute Gasteiger partial charge is 0.465 e. The summed E-state index contributed by atoms with van der Waals surface area (Å²) >= 11 is 0. The van der Waals surface area contributed by atoms with Crippen LogP contribution in [0.1, 0.15) is 32.6 Å². The van der Waals surface area contributed by atoms with Crippen molar-refractivity contribution in [3.8, 4) is 0 Å². The lowest BCUT2D eigenvalue weighted by Crippen LogP contribution is -2.44. The van der Waals surface area contributed by atoms with E-state index in [4.69, 9.17) is 4.74 Å². The predicted molar refractivity (Wildman–Crippen MR) is 62.4 cm³/mol. The summed E-state index contributed by atoms with van der Waals surface area (Å²) in [5.74, 6) is 0.0104. The summed E-state index contributed by atoms with van der Waals surface area (Å²) in [6, 6.07) is 0.102. The van der Waals surface area contributed by atoms with Crippen LogP contribution in [-0.2, 0) is 14.3 Å². The number of likely N-dealkylation sites (tertiary alicyclic amines) is 1. The van der Waals surface area contributed by atoms with Gasteiger partial charge in [-0.15, -0.1) is 0 Å². The van der Waals surface area contributed by atoms with Gasteiger partial charge in [-0.25, -0.2) is 0 Å². The molecule has 17 heavy (non-hydrogen) atoms. The smallest absolute Gasteiger partial charge is 0.323 e. The Morgan fingerprint density at radius 3 is 3.00 bits per heavy atom. The average Bonchev–Trinajstić information content (AvgIpc) is 2.89. The van der Waals surface area contributed by atoms with E-state index in [2.05, 4.69) is 10.2 Å². The second-order valence-corrected chi connectivity index (χ2v) is 4.71. The van der Waals surface area contributed by atoms with Crippen LogP contribution in [0.3, 0.4) is 0 Å². The number of carbonyl (C=O) groups is 2. The Balaban J connectivity index is 1.86. The van der Waals surface area contributed by atoms with Gasteiger partial charge in [0.25, 0.3) is 0 Å². The molecule has 2 aliphatic rings. The molecule has 2 rings (SSSR count). The highest BCUT2D eigenvalue weighted by Crippen LogP contribution is 2.20. The van der Waals surface area contributed by atoms with Crippen molar-refractivity contribution < 1.29 is 14.3 Å². The third-order valence-corrected chi connectivity index (χ3v) is 3.46. The number of hydrogen-bond acceptors (Lipinski definition) is 4. The van der Waals surface area contributed by atoms with Gasteiger partial charge in [0.2, 0.25) is 5.91 Å². The average molecular weight is 240 g/mol. The van der Waals surface area contributed by atoms with E-state index in [1.54, 1.807) is 0 Å². The van der Waals surface area contributed by atoms with E-state index in [1.807, 2.05) is 6.92 Å². The maximum absolute atomic E-state index is 11.7. The molecule has 1 N–H and O–H groups in total. The molecule has 5 nitrogen and oxygen atoms in total. The van der Waals surface area contributed by atoms with Crippen molar-refractivity contribution in [1.29, 1.82) is 0 Å². The lowest BCUT2D eigenvalue weighted by molar-refractivity contribution is -0.148. The molecular weight excluding hydrogens is 220 g/mol. The molecule has 0 aromatic rings. The molecule has 5 heteroatoms. The summed E-state index contributed by atoms with van der Waals surface area (Å²) in [4.78, 5) is 25.0. The van der Waals surface area contributed by atoms with Gasteiger partial charge in [0.1, 0.15) is 6.04 Å². The van der Waals surface area contributed by atoms with Gasteiger partial charge < -0.3 is 10.1 Å². The molecule has 2 atom stereocenters. The number of nitrogens with one attached hydrogen (secondary N) is 1. The van der Waals surface area contributed by atoms with Crippen molar-refractivity contribution in [2.45, 2.75) is 44.7 Å². The van der Waals surface area contributed by atoms with Gasteiger partial charge in [-0.2, -0.15) is 0 Å². The fraction of sp³-hybridized carbons (Fsp3) is 0.833. The van der Waals surface area contributed by atoms with Gasteiger partial charge in [0.05, 0.1) is 6.61 Å². The SMILES string of the molecule is CCOC(=O)C1CCCN1CC1CCC(=O)N1. The second-order valence-electron chi connectivity index (χ2n) is 4.71. The number of hydrogen-bond donors (Lipinski definition) is 1. The van der Waals surface area contributed by atoms with Crippen molar-refractivity contribution in [2.75, 3.05) is 19.7 Å². The highest BCUT2D eigenvalue weighted by atomic mass is 16.5. The molecule has 2 saturated heterocycles.